The molecule has 1 saturated heterocycles. The molecule has 2 aliphatic rings. The molecule has 4 nitrogen and oxygen atoms in total. The molecule has 3 rings (SSSR count). The van der Waals surface area contributed by atoms with Crippen LogP contribution in [0, 0.1) is 11.8 Å². The lowest BCUT2D eigenvalue weighted by molar-refractivity contribution is -0.237. The molecule has 0 amide bonds. The molecule has 4 atom stereocenters. The quantitative estimate of drug-likeness (QED) is 0.635. The Morgan fingerprint density at radius 3 is 2.50 bits per heavy atom. The van der Waals surface area contributed by atoms with E-state index in [9.17, 15) is 0 Å². The molecule has 144 valence electrons. The predicted molar refractivity (Wildman–Crippen MR) is 104 cm³/mol. The monoisotopic (exact) mass is 359 g/mol. The van der Waals surface area contributed by atoms with E-state index >= 15 is 0 Å². The highest BCUT2D eigenvalue weighted by Gasteiger charge is 2.29. The Labute approximate surface area is 157 Å². The number of unbranched alkanes of at least 4 members (excludes halogenated alkanes) is 2. The number of benzene rings is 1. The summed E-state index contributed by atoms with van der Waals surface area (Å²) in [6.07, 6.45) is 4.96. The van der Waals surface area contributed by atoms with Gasteiger partial charge in [-0.2, -0.15) is 0 Å². The van der Waals surface area contributed by atoms with Gasteiger partial charge < -0.3 is 14.2 Å². The average Bonchev–Trinajstić information content (AvgIpc) is 3.14. The van der Waals surface area contributed by atoms with Crippen LogP contribution in [0.2, 0.25) is 0 Å². The summed E-state index contributed by atoms with van der Waals surface area (Å²) in [5, 5.41) is 0. The van der Waals surface area contributed by atoms with Crippen LogP contribution < -0.4 is 0 Å². The lowest BCUT2D eigenvalue weighted by Crippen LogP contribution is -2.34. The average molecular weight is 360 g/mol. The van der Waals surface area contributed by atoms with E-state index in [1.165, 1.54) is 25.7 Å². The van der Waals surface area contributed by atoms with Crippen molar-refractivity contribution in [2.24, 2.45) is 16.8 Å². The van der Waals surface area contributed by atoms with Gasteiger partial charge in [0.15, 0.2) is 6.29 Å². The molecule has 0 aliphatic carbocycles. The zero-order chi connectivity index (χ0) is 18.5. The van der Waals surface area contributed by atoms with Crippen LogP contribution in [0.1, 0.15) is 70.8 Å². The third kappa shape index (κ3) is 4.66. The highest BCUT2D eigenvalue weighted by Crippen LogP contribution is 2.32. The molecule has 0 spiro atoms. The number of aliphatic imine (C=N–C) groups is 1. The molecular weight excluding hydrogens is 326 g/mol. The summed E-state index contributed by atoms with van der Waals surface area (Å²) in [7, 11) is 0. The number of hydrogen-bond acceptors (Lipinski definition) is 4. The van der Waals surface area contributed by atoms with Crippen molar-refractivity contribution in [1.82, 2.24) is 0 Å². The third-order valence-corrected chi connectivity index (χ3v) is 5.52. The minimum absolute atomic E-state index is 0.236. The lowest BCUT2D eigenvalue weighted by Gasteiger charge is -2.35. The van der Waals surface area contributed by atoms with Gasteiger partial charge in [-0.15, -0.1) is 0 Å². The van der Waals surface area contributed by atoms with Crippen molar-refractivity contribution in [3.8, 4) is 0 Å². The third-order valence-electron chi connectivity index (χ3n) is 5.52. The molecule has 2 aliphatic heterocycles. The second kappa shape index (κ2) is 9.01. The summed E-state index contributed by atoms with van der Waals surface area (Å²) in [5.41, 5.74) is 2.09. The summed E-state index contributed by atoms with van der Waals surface area (Å²) in [6, 6.07) is 8.51. The van der Waals surface area contributed by atoms with Crippen molar-refractivity contribution in [3.05, 3.63) is 35.4 Å². The maximum Gasteiger partial charge on any atom is 0.216 e. The van der Waals surface area contributed by atoms with Crippen molar-refractivity contribution >= 4 is 5.90 Å². The van der Waals surface area contributed by atoms with E-state index < -0.39 is 0 Å². The van der Waals surface area contributed by atoms with Crippen LogP contribution in [0.15, 0.2) is 29.3 Å². The standard InChI is InChI=1S/C22H33NO3/c1-5-6-7-8-19-13-25-22(26-16(19)4)18-11-9-17(10-12-18)21-23-20(14-24-21)15(2)3/h9-12,15-16,19-20,22H,5-8,13-14H2,1-4H3/t16-,19+,20+,22+/m1/s1. The summed E-state index contributed by atoms with van der Waals surface area (Å²) < 4.78 is 17.9. The summed E-state index contributed by atoms with van der Waals surface area (Å²) in [6.45, 7) is 10.2. The van der Waals surface area contributed by atoms with Gasteiger partial charge in [0.25, 0.3) is 0 Å². The fourth-order valence-electron chi connectivity index (χ4n) is 3.51. The first-order valence-corrected chi connectivity index (χ1v) is 10.2. The summed E-state index contributed by atoms with van der Waals surface area (Å²) in [5.74, 6) is 1.76. The Balaban J connectivity index is 1.57. The zero-order valence-corrected chi connectivity index (χ0v) is 16.6. The van der Waals surface area contributed by atoms with E-state index in [1.54, 1.807) is 0 Å². The number of nitrogens with zero attached hydrogens (tertiary/aromatic N) is 1. The smallest absolute Gasteiger partial charge is 0.216 e. The highest BCUT2D eigenvalue weighted by molar-refractivity contribution is 5.95. The Kier molecular flexibility index (Phi) is 6.71. The molecule has 4 heteroatoms. The van der Waals surface area contributed by atoms with E-state index in [4.69, 9.17) is 14.2 Å². The first-order chi connectivity index (χ1) is 12.6. The first-order valence-electron chi connectivity index (χ1n) is 10.2. The molecular formula is C22H33NO3. The van der Waals surface area contributed by atoms with Gasteiger partial charge >= 0.3 is 0 Å². The Hall–Kier alpha value is -1.39. The molecule has 0 N–H and O–H groups in total. The molecule has 0 radical (unpaired) electrons. The largest absolute Gasteiger partial charge is 0.475 e. The van der Waals surface area contributed by atoms with Gasteiger partial charge in [0.1, 0.15) is 6.61 Å². The minimum Gasteiger partial charge on any atom is -0.475 e. The van der Waals surface area contributed by atoms with Gasteiger partial charge in [-0.3, -0.25) is 0 Å². The van der Waals surface area contributed by atoms with Crippen LogP contribution >= 0.6 is 0 Å². The fourth-order valence-corrected chi connectivity index (χ4v) is 3.51. The topological polar surface area (TPSA) is 40.0 Å². The molecule has 1 fully saturated rings. The molecule has 0 unspecified atom stereocenters. The zero-order valence-electron chi connectivity index (χ0n) is 16.6. The van der Waals surface area contributed by atoms with Gasteiger partial charge in [0.05, 0.1) is 18.8 Å². The van der Waals surface area contributed by atoms with Gasteiger partial charge in [-0.25, -0.2) is 4.99 Å². The van der Waals surface area contributed by atoms with Crippen LogP contribution in [-0.4, -0.2) is 31.3 Å². The molecule has 0 bridgehead atoms. The second-order valence-corrected chi connectivity index (χ2v) is 7.94. The van der Waals surface area contributed by atoms with Gasteiger partial charge in [0, 0.05) is 17.0 Å². The van der Waals surface area contributed by atoms with E-state index in [0.29, 0.717) is 18.4 Å². The number of hydrogen-bond donors (Lipinski definition) is 0. The van der Waals surface area contributed by atoms with Gasteiger partial charge in [0.2, 0.25) is 5.90 Å². The van der Waals surface area contributed by atoms with Crippen molar-refractivity contribution < 1.29 is 14.2 Å². The molecule has 1 aromatic carbocycles. The number of ether oxygens (including phenoxy) is 3. The molecule has 0 aromatic heterocycles. The van der Waals surface area contributed by atoms with Crippen molar-refractivity contribution in [3.63, 3.8) is 0 Å². The molecule has 2 heterocycles. The van der Waals surface area contributed by atoms with E-state index in [-0.39, 0.29) is 18.4 Å². The highest BCUT2D eigenvalue weighted by atomic mass is 16.7. The summed E-state index contributed by atoms with van der Waals surface area (Å²) >= 11 is 0. The van der Waals surface area contributed by atoms with E-state index in [0.717, 1.165) is 23.6 Å². The van der Waals surface area contributed by atoms with Crippen LogP contribution in [0.4, 0.5) is 0 Å². The van der Waals surface area contributed by atoms with Crippen molar-refractivity contribution in [2.45, 2.75) is 71.8 Å². The van der Waals surface area contributed by atoms with Crippen molar-refractivity contribution in [2.75, 3.05) is 13.2 Å². The van der Waals surface area contributed by atoms with E-state index in [2.05, 4.69) is 57.0 Å². The SMILES string of the molecule is CCCCC[C@H]1CO[C@H](c2ccc(C3=N[C@H](C(C)C)CO3)cc2)O[C@@H]1C. The fraction of sp³-hybridized carbons (Fsp3) is 0.682. The Bertz CT molecular complexity index is 596. The molecule has 26 heavy (non-hydrogen) atoms. The molecule has 0 saturated carbocycles. The Morgan fingerprint density at radius 2 is 1.88 bits per heavy atom. The minimum atomic E-state index is -0.267. The van der Waals surface area contributed by atoms with E-state index in [1.807, 2.05) is 0 Å². The van der Waals surface area contributed by atoms with Gasteiger partial charge in [-0.1, -0.05) is 52.2 Å². The van der Waals surface area contributed by atoms with Crippen LogP contribution in [-0.2, 0) is 14.2 Å². The van der Waals surface area contributed by atoms with Crippen LogP contribution in [0.5, 0.6) is 0 Å². The first kappa shape index (κ1) is 19.4. The van der Waals surface area contributed by atoms with Gasteiger partial charge in [-0.05, 0) is 31.4 Å². The second-order valence-electron chi connectivity index (χ2n) is 7.94. The Morgan fingerprint density at radius 1 is 1.12 bits per heavy atom. The molecule has 1 aromatic rings. The van der Waals surface area contributed by atoms with Crippen LogP contribution in [0.25, 0.3) is 0 Å². The predicted octanol–water partition coefficient (Wildman–Crippen LogP) is 5.12. The lowest BCUT2D eigenvalue weighted by atomic mass is 9.96. The van der Waals surface area contributed by atoms with Crippen molar-refractivity contribution in [1.29, 1.82) is 0 Å². The normalized spacial score (nSPS) is 28.9. The maximum atomic E-state index is 6.15. The maximum absolute atomic E-state index is 6.15. The number of rotatable bonds is 7. The van der Waals surface area contributed by atoms with Crippen LogP contribution in [0.3, 0.4) is 0 Å². The summed E-state index contributed by atoms with van der Waals surface area (Å²) in [4.78, 5) is 4.69.